The van der Waals surface area contributed by atoms with Crippen molar-refractivity contribution < 1.29 is 9.18 Å². The monoisotopic (exact) mass is 224 g/mol. The lowest BCUT2D eigenvalue weighted by atomic mass is 10.1. The minimum absolute atomic E-state index is 0.0566. The molecule has 1 rings (SSSR count). The molecule has 0 aliphatic rings. The molecule has 0 aromatic carbocycles. The van der Waals surface area contributed by atoms with Crippen LogP contribution in [0.25, 0.3) is 0 Å². The van der Waals surface area contributed by atoms with E-state index in [-0.39, 0.29) is 5.78 Å². The predicted molar refractivity (Wildman–Crippen MR) is 60.9 cm³/mol. The Hall–Kier alpha value is -1.29. The number of halogens is 1. The summed E-state index contributed by atoms with van der Waals surface area (Å²) in [6, 6.07) is 1.23. The third-order valence-corrected chi connectivity index (χ3v) is 2.58. The minimum atomic E-state index is -0.464. The molecule has 0 amide bonds. The van der Waals surface area contributed by atoms with Gasteiger partial charge in [0, 0.05) is 24.7 Å². The van der Waals surface area contributed by atoms with Crippen LogP contribution in [0, 0.1) is 5.82 Å². The Balaban J connectivity index is 2.52. The number of ketones is 1. The highest BCUT2D eigenvalue weighted by atomic mass is 19.1. The molecule has 3 nitrogen and oxygen atoms in total. The molecule has 16 heavy (non-hydrogen) atoms. The van der Waals surface area contributed by atoms with Crippen LogP contribution in [0.1, 0.15) is 30.6 Å². The Morgan fingerprint density at radius 3 is 2.62 bits per heavy atom. The first kappa shape index (κ1) is 12.8. The summed E-state index contributed by atoms with van der Waals surface area (Å²) < 4.78 is 12.8. The van der Waals surface area contributed by atoms with E-state index in [0.29, 0.717) is 18.5 Å². The quantitative estimate of drug-likeness (QED) is 0.694. The summed E-state index contributed by atoms with van der Waals surface area (Å²) in [6.07, 6.45) is 2.92. The molecule has 0 unspecified atom stereocenters. The van der Waals surface area contributed by atoms with Crippen molar-refractivity contribution in [1.29, 1.82) is 0 Å². The fourth-order valence-corrected chi connectivity index (χ4v) is 1.51. The van der Waals surface area contributed by atoms with Crippen molar-refractivity contribution >= 4 is 5.78 Å². The van der Waals surface area contributed by atoms with Gasteiger partial charge < -0.3 is 4.90 Å². The Kier molecular flexibility index (Phi) is 5.05. The zero-order valence-electron chi connectivity index (χ0n) is 9.74. The van der Waals surface area contributed by atoms with Gasteiger partial charge in [-0.05, 0) is 19.2 Å². The summed E-state index contributed by atoms with van der Waals surface area (Å²) in [4.78, 5) is 17.5. The average Bonchev–Trinajstić information content (AvgIpc) is 2.30. The maximum atomic E-state index is 12.8. The standard InChI is InChI=1S/C12H17FN2O/c1-3-15(4-2)6-5-12(16)10-7-11(13)9-14-8-10/h7-9H,3-6H2,1-2H3. The largest absolute Gasteiger partial charge is 0.303 e. The van der Waals surface area contributed by atoms with Crippen LogP contribution in [-0.2, 0) is 0 Å². The number of hydrogen-bond donors (Lipinski definition) is 0. The van der Waals surface area contributed by atoms with Crippen molar-refractivity contribution in [2.45, 2.75) is 20.3 Å². The van der Waals surface area contributed by atoms with E-state index in [1.807, 2.05) is 0 Å². The van der Waals surface area contributed by atoms with E-state index in [0.717, 1.165) is 19.3 Å². The van der Waals surface area contributed by atoms with Gasteiger partial charge in [0.05, 0.1) is 6.20 Å². The van der Waals surface area contributed by atoms with Gasteiger partial charge >= 0.3 is 0 Å². The van der Waals surface area contributed by atoms with Crippen LogP contribution in [-0.4, -0.2) is 35.3 Å². The summed E-state index contributed by atoms with van der Waals surface area (Å²) in [5.41, 5.74) is 0.354. The molecule has 4 heteroatoms. The number of carbonyl (C=O) groups is 1. The van der Waals surface area contributed by atoms with E-state index in [1.165, 1.54) is 12.3 Å². The molecule has 88 valence electrons. The maximum absolute atomic E-state index is 12.8. The summed E-state index contributed by atoms with van der Waals surface area (Å²) in [6.45, 7) is 6.66. The Labute approximate surface area is 95.3 Å². The van der Waals surface area contributed by atoms with E-state index in [1.54, 1.807) is 0 Å². The Morgan fingerprint density at radius 2 is 2.06 bits per heavy atom. The van der Waals surface area contributed by atoms with Crippen molar-refractivity contribution in [3.8, 4) is 0 Å². The zero-order valence-corrected chi connectivity index (χ0v) is 9.74. The van der Waals surface area contributed by atoms with Gasteiger partial charge in [0.15, 0.2) is 5.78 Å². The van der Waals surface area contributed by atoms with Gasteiger partial charge in [0.1, 0.15) is 5.82 Å². The molecule has 0 saturated carbocycles. The molecule has 0 bridgehead atoms. The van der Waals surface area contributed by atoms with E-state index >= 15 is 0 Å². The summed E-state index contributed by atoms with van der Waals surface area (Å²) in [5, 5.41) is 0. The summed E-state index contributed by atoms with van der Waals surface area (Å²) in [5.74, 6) is -0.521. The number of aromatic nitrogens is 1. The van der Waals surface area contributed by atoms with Gasteiger partial charge in [0.2, 0.25) is 0 Å². The number of nitrogens with zero attached hydrogens (tertiary/aromatic N) is 2. The van der Waals surface area contributed by atoms with Crippen LogP contribution in [0.15, 0.2) is 18.5 Å². The highest BCUT2D eigenvalue weighted by molar-refractivity contribution is 5.95. The van der Waals surface area contributed by atoms with Crippen molar-refractivity contribution in [3.63, 3.8) is 0 Å². The molecule has 1 aromatic heterocycles. The van der Waals surface area contributed by atoms with E-state index < -0.39 is 5.82 Å². The molecule has 0 radical (unpaired) electrons. The average molecular weight is 224 g/mol. The predicted octanol–water partition coefficient (Wildman–Crippen LogP) is 2.14. The zero-order chi connectivity index (χ0) is 12.0. The molecule has 0 N–H and O–H groups in total. The lowest BCUT2D eigenvalue weighted by Gasteiger charge is -2.16. The number of carbonyl (C=O) groups excluding carboxylic acids is 1. The van der Waals surface area contributed by atoms with Gasteiger partial charge in [-0.2, -0.15) is 0 Å². The van der Waals surface area contributed by atoms with Crippen molar-refractivity contribution in [1.82, 2.24) is 9.88 Å². The van der Waals surface area contributed by atoms with Gasteiger partial charge in [-0.25, -0.2) is 4.39 Å². The molecule has 0 aliphatic carbocycles. The van der Waals surface area contributed by atoms with Crippen LogP contribution in [0.4, 0.5) is 4.39 Å². The highest BCUT2D eigenvalue weighted by Crippen LogP contribution is 2.05. The summed E-state index contributed by atoms with van der Waals surface area (Å²) >= 11 is 0. The maximum Gasteiger partial charge on any atom is 0.165 e. The molecule has 1 heterocycles. The lowest BCUT2D eigenvalue weighted by Crippen LogP contribution is -2.25. The first-order valence-electron chi connectivity index (χ1n) is 5.53. The van der Waals surface area contributed by atoms with Crippen LogP contribution >= 0.6 is 0 Å². The Morgan fingerprint density at radius 1 is 1.38 bits per heavy atom. The van der Waals surface area contributed by atoms with Crippen molar-refractivity contribution in [2.75, 3.05) is 19.6 Å². The molecular formula is C12H17FN2O. The van der Waals surface area contributed by atoms with E-state index in [2.05, 4.69) is 23.7 Å². The van der Waals surface area contributed by atoms with E-state index in [4.69, 9.17) is 0 Å². The van der Waals surface area contributed by atoms with Gasteiger partial charge in [-0.3, -0.25) is 9.78 Å². The fraction of sp³-hybridized carbons (Fsp3) is 0.500. The van der Waals surface area contributed by atoms with Crippen LogP contribution < -0.4 is 0 Å². The fourth-order valence-electron chi connectivity index (χ4n) is 1.51. The summed E-state index contributed by atoms with van der Waals surface area (Å²) in [7, 11) is 0. The molecule has 1 aromatic rings. The molecule has 0 aliphatic heterocycles. The molecule has 0 fully saturated rings. The van der Waals surface area contributed by atoms with Crippen LogP contribution in [0.5, 0.6) is 0 Å². The molecular weight excluding hydrogens is 207 g/mol. The second-order valence-electron chi connectivity index (χ2n) is 3.59. The van der Waals surface area contributed by atoms with Gasteiger partial charge in [-0.15, -0.1) is 0 Å². The van der Waals surface area contributed by atoms with Crippen molar-refractivity contribution in [3.05, 3.63) is 29.8 Å². The number of Topliss-reactive ketones (excluding diaryl/α,β-unsaturated/α-hetero) is 1. The number of rotatable bonds is 6. The third-order valence-electron chi connectivity index (χ3n) is 2.58. The van der Waals surface area contributed by atoms with Crippen LogP contribution in [0.3, 0.4) is 0 Å². The SMILES string of the molecule is CCN(CC)CCC(=O)c1cncc(F)c1. The minimum Gasteiger partial charge on any atom is -0.303 e. The van der Waals surface area contributed by atoms with Crippen molar-refractivity contribution in [2.24, 2.45) is 0 Å². The van der Waals surface area contributed by atoms with Gasteiger partial charge in [-0.1, -0.05) is 13.8 Å². The first-order valence-corrected chi connectivity index (χ1v) is 5.53. The van der Waals surface area contributed by atoms with E-state index in [9.17, 15) is 9.18 Å². The lowest BCUT2D eigenvalue weighted by molar-refractivity contribution is 0.0965. The normalized spacial score (nSPS) is 10.8. The smallest absolute Gasteiger partial charge is 0.165 e. The third kappa shape index (κ3) is 3.70. The topological polar surface area (TPSA) is 33.2 Å². The number of pyridine rings is 1. The second kappa shape index (κ2) is 6.33. The van der Waals surface area contributed by atoms with Gasteiger partial charge in [0.25, 0.3) is 0 Å². The Bertz CT molecular complexity index is 351. The number of hydrogen-bond acceptors (Lipinski definition) is 3. The molecule has 0 atom stereocenters. The first-order chi connectivity index (χ1) is 7.67. The van der Waals surface area contributed by atoms with Crippen LogP contribution in [0.2, 0.25) is 0 Å². The molecule has 0 saturated heterocycles. The second-order valence-corrected chi connectivity index (χ2v) is 3.59. The highest BCUT2D eigenvalue weighted by Gasteiger charge is 2.09. The molecule has 0 spiro atoms.